The van der Waals surface area contributed by atoms with Crippen molar-refractivity contribution in [2.75, 3.05) is 32.8 Å². The van der Waals surface area contributed by atoms with E-state index in [9.17, 15) is 9.90 Å². The Morgan fingerprint density at radius 3 is 2.57 bits per heavy atom. The molecular formula is C16H30N2O3. The van der Waals surface area contributed by atoms with E-state index in [1.807, 2.05) is 13.8 Å². The van der Waals surface area contributed by atoms with Gasteiger partial charge in [-0.15, -0.1) is 0 Å². The Morgan fingerprint density at radius 1 is 1.19 bits per heavy atom. The van der Waals surface area contributed by atoms with E-state index in [0.29, 0.717) is 12.6 Å². The van der Waals surface area contributed by atoms with E-state index < -0.39 is 0 Å². The highest BCUT2D eigenvalue weighted by Gasteiger charge is 2.48. The summed E-state index contributed by atoms with van der Waals surface area (Å²) in [5, 5.41) is 9.64. The van der Waals surface area contributed by atoms with Crippen LogP contribution in [-0.2, 0) is 4.74 Å². The zero-order valence-corrected chi connectivity index (χ0v) is 13.5. The van der Waals surface area contributed by atoms with Crippen LogP contribution in [0.3, 0.4) is 0 Å². The molecule has 0 spiro atoms. The Labute approximate surface area is 128 Å². The maximum Gasteiger partial charge on any atom is 0.409 e. The molecule has 21 heavy (non-hydrogen) atoms. The second-order valence-corrected chi connectivity index (χ2v) is 6.14. The van der Waals surface area contributed by atoms with Crippen LogP contribution in [0.15, 0.2) is 0 Å². The number of nitrogens with zero attached hydrogens (tertiary/aromatic N) is 2. The van der Waals surface area contributed by atoms with Gasteiger partial charge in [0.25, 0.3) is 0 Å². The van der Waals surface area contributed by atoms with Crippen LogP contribution in [0.2, 0.25) is 0 Å². The van der Waals surface area contributed by atoms with Gasteiger partial charge in [-0.3, -0.25) is 4.90 Å². The lowest BCUT2D eigenvalue weighted by molar-refractivity contribution is 0.0428. The molecule has 0 aromatic rings. The highest BCUT2D eigenvalue weighted by molar-refractivity contribution is 5.67. The Hall–Kier alpha value is -0.810. The average molecular weight is 298 g/mol. The van der Waals surface area contributed by atoms with Crippen molar-refractivity contribution in [1.29, 1.82) is 0 Å². The van der Waals surface area contributed by atoms with Gasteiger partial charge < -0.3 is 14.7 Å². The average Bonchev–Trinajstić information content (AvgIpc) is 3.23. The lowest BCUT2D eigenvalue weighted by atomic mass is 9.95. The summed E-state index contributed by atoms with van der Waals surface area (Å²) >= 11 is 0. The molecule has 3 fully saturated rings. The molecule has 0 bridgehead atoms. The summed E-state index contributed by atoms with van der Waals surface area (Å²) in [6.07, 6.45) is 6.34. The van der Waals surface area contributed by atoms with Crippen LogP contribution in [0.1, 0.15) is 52.4 Å². The summed E-state index contributed by atoms with van der Waals surface area (Å²) in [4.78, 5) is 16.1. The van der Waals surface area contributed by atoms with Crippen molar-refractivity contribution < 1.29 is 14.6 Å². The number of aliphatic hydroxyl groups is 1. The number of carbonyl (C=O) groups is 1. The summed E-state index contributed by atoms with van der Waals surface area (Å²) < 4.78 is 5.47. The second-order valence-electron chi connectivity index (χ2n) is 6.14. The Bertz CT molecular complexity index is 344. The molecule has 0 radical (unpaired) electrons. The first-order chi connectivity index (χ1) is 10.2. The first-order valence-electron chi connectivity index (χ1n) is 8.54. The molecule has 0 aromatic carbocycles. The maximum atomic E-state index is 11.9. The molecule has 0 aromatic heterocycles. The third kappa shape index (κ3) is 3.34. The highest BCUT2D eigenvalue weighted by atomic mass is 16.6. The number of aliphatic hydroxyl groups excluding tert-OH is 1. The molecule has 5 heteroatoms. The molecule has 0 aliphatic carbocycles. The van der Waals surface area contributed by atoms with Crippen molar-refractivity contribution in [1.82, 2.24) is 9.80 Å². The lowest BCUT2D eigenvalue weighted by Crippen LogP contribution is -2.46. The van der Waals surface area contributed by atoms with Gasteiger partial charge in [-0.05, 0) is 45.1 Å². The predicted molar refractivity (Wildman–Crippen MR) is 82.3 cm³/mol. The highest BCUT2D eigenvalue weighted by Crippen LogP contribution is 2.42. The van der Waals surface area contributed by atoms with Crippen molar-refractivity contribution >= 4 is 6.09 Å². The van der Waals surface area contributed by atoms with E-state index in [-0.39, 0.29) is 18.2 Å². The van der Waals surface area contributed by atoms with Crippen molar-refractivity contribution in [3.8, 4) is 0 Å². The Balaban J connectivity index is 0.000000774. The molecule has 0 unspecified atom stereocenters. The van der Waals surface area contributed by atoms with Crippen molar-refractivity contribution in [2.45, 2.75) is 64.0 Å². The first-order valence-corrected chi connectivity index (χ1v) is 8.54. The fourth-order valence-corrected chi connectivity index (χ4v) is 3.97. The van der Waals surface area contributed by atoms with Gasteiger partial charge in [0, 0.05) is 24.7 Å². The molecular weight excluding hydrogens is 268 g/mol. The van der Waals surface area contributed by atoms with Crippen LogP contribution >= 0.6 is 0 Å². The minimum atomic E-state index is -0.154. The molecule has 3 saturated heterocycles. The minimum absolute atomic E-state index is 0.00921. The Kier molecular flexibility index (Phi) is 5.88. The van der Waals surface area contributed by atoms with Crippen LogP contribution in [0, 0.1) is 0 Å². The fraction of sp³-hybridized carbons (Fsp3) is 0.938. The van der Waals surface area contributed by atoms with E-state index in [1.54, 1.807) is 4.90 Å². The first kappa shape index (κ1) is 16.6. The molecule has 1 N–H and O–H groups in total. The molecule has 0 saturated carbocycles. The van der Waals surface area contributed by atoms with Gasteiger partial charge in [0.2, 0.25) is 0 Å². The SMILES string of the molecule is CC.O=C(OC[C@H]1CC[C@@]2(CO)CCCN12)N1CCCC1. The third-order valence-electron chi connectivity index (χ3n) is 5.09. The van der Waals surface area contributed by atoms with Crippen LogP contribution in [-0.4, -0.2) is 65.4 Å². The van der Waals surface area contributed by atoms with Gasteiger partial charge >= 0.3 is 6.09 Å². The summed E-state index contributed by atoms with van der Waals surface area (Å²) in [5.74, 6) is 0. The van der Waals surface area contributed by atoms with E-state index in [4.69, 9.17) is 4.74 Å². The standard InChI is InChI=1S/C14H24N2O3.C2H6/c17-11-14-5-3-9-16(14)12(4-6-14)10-19-13(18)15-7-1-2-8-15;1-2/h12,17H,1-11H2;1-2H3/t12-,14-;/m1./s1. The van der Waals surface area contributed by atoms with Gasteiger partial charge in [-0.25, -0.2) is 4.79 Å². The van der Waals surface area contributed by atoms with E-state index in [1.165, 1.54) is 0 Å². The zero-order chi connectivity index (χ0) is 15.3. The van der Waals surface area contributed by atoms with Crippen LogP contribution in [0.25, 0.3) is 0 Å². The Morgan fingerprint density at radius 2 is 1.90 bits per heavy atom. The van der Waals surface area contributed by atoms with Gasteiger partial charge in [0.15, 0.2) is 0 Å². The van der Waals surface area contributed by atoms with Crippen LogP contribution in [0.4, 0.5) is 4.79 Å². The molecule has 122 valence electrons. The minimum Gasteiger partial charge on any atom is -0.448 e. The second kappa shape index (κ2) is 7.45. The van der Waals surface area contributed by atoms with E-state index in [0.717, 1.165) is 58.2 Å². The molecule has 3 heterocycles. The van der Waals surface area contributed by atoms with Gasteiger partial charge in [-0.1, -0.05) is 13.8 Å². The molecule has 3 aliphatic rings. The molecule has 3 aliphatic heterocycles. The zero-order valence-electron chi connectivity index (χ0n) is 13.5. The monoisotopic (exact) mass is 298 g/mol. The normalized spacial score (nSPS) is 31.8. The van der Waals surface area contributed by atoms with Crippen molar-refractivity contribution in [3.05, 3.63) is 0 Å². The van der Waals surface area contributed by atoms with Gasteiger partial charge in [-0.2, -0.15) is 0 Å². The predicted octanol–water partition coefficient (Wildman–Crippen LogP) is 2.23. The van der Waals surface area contributed by atoms with Gasteiger partial charge in [0.05, 0.1) is 6.61 Å². The van der Waals surface area contributed by atoms with Crippen LogP contribution < -0.4 is 0 Å². The number of hydrogen-bond donors (Lipinski definition) is 1. The molecule has 2 atom stereocenters. The van der Waals surface area contributed by atoms with Crippen molar-refractivity contribution in [3.63, 3.8) is 0 Å². The quantitative estimate of drug-likeness (QED) is 0.868. The number of likely N-dealkylation sites (tertiary alicyclic amines) is 1. The summed E-state index contributed by atoms with van der Waals surface area (Å²) in [5.41, 5.74) is -0.00921. The smallest absolute Gasteiger partial charge is 0.409 e. The fourth-order valence-electron chi connectivity index (χ4n) is 3.97. The number of rotatable bonds is 3. The van der Waals surface area contributed by atoms with Crippen molar-refractivity contribution in [2.24, 2.45) is 0 Å². The molecule has 5 nitrogen and oxygen atoms in total. The largest absolute Gasteiger partial charge is 0.448 e. The maximum absolute atomic E-state index is 11.9. The lowest BCUT2D eigenvalue weighted by Gasteiger charge is -2.33. The summed E-state index contributed by atoms with van der Waals surface area (Å²) in [6, 6.07) is 0.307. The van der Waals surface area contributed by atoms with E-state index >= 15 is 0 Å². The topological polar surface area (TPSA) is 53.0 Å². The number of hydrogen-bond acceptors (Lipinski definition) is 4. The number of carbonyl (C=O) groups excluding carboxylic acids is 1. The number of ether oxygens (including phenoxy) is 1. The molecule has 1 amide bonds. The number of amides is 1. The molecule has 3 rings (SSSR count). The third-order valence-corrected chi connectivity index (χ3v) is 5.09. The number of fused-ring (bicyclic) bond motifs is 1. The van der Waals surface area contributed by atoms with E-state index in [2.05, 4.69) is 4.90 Å². The summed E-state index contributed by atoms with van der Waals surface area (Å²) in [7, 11) is 0. The van der Waals surface area contributed by atoms with Gasteiger partial charge in [0.1, 0.15) is 6.61 Å². The van der Waals surface area contributed by atoms with Crippen LogP contribution in [0.5, 0.6) is 0 Å². The summed E-state index contributed by atoms with van der Waals surface area (Å²) in [6.45, 7) is 7.44.